The number of rotatable bonds is 2. The lowest BCUT2D eigenvalue weighted by Crippen LogP contribution is -1.73. The molecule has 1 heteroatoms. The second-order valence-electron chi connectivity index (χ2n) is 1.46. The molecule has 0 aliphatic rings. The summed E-state index contributed by atoms with van der Waals surface area (Å²) in [7, 11) is 1.73. The van der Waals surface area contributed by atoms with Crippen molar-refractivity contribution in [3.63, 3.8) is 0 Å². The molecule has 0 aliphatic carbocycles. The number of allylic oxidation sites excluding steroid dienone is 3. The van der Waals surface area contributed by atoms with E-state index in [1.165, 1.54) is 0 Å². The highest BCUT2D eigenvalue weighted by molar-refractivity contribution is 5.80. The molecule has 0 saturated heterocycles. The first-order valence-electron chi connectivity index (χ1n) is 2.55. The van der Waals surface area contributed by atoms with Gasteiger partial charge in [-0.15, -0.1) is 0 Å². The van der Waals surface area contributed by atoms with Gasteiger partial charge in [-0.05, 0) is 12.5 Å². The highest BCUT2D eigenvalue weighted by Gasteiger charge is 1.73. The molecule has 0 saturated carbocycles. The Labute approximate surface area is 50.4 Å². The molecule has 1 nitrogen and oxygen atoms in total. The molecule has 0 fully saturated rings. The summed E-state index contributed by atoms with van der Waals surface area (Å²) in [5.41, 5.74) is 0.940. The van der Waals surface area contributed by atoms with Crippen molar-refractivity contribution < 1.29 is 0 Å². The van der Waals surface area contributed by atoms with E-state index < -0.39 is 0 Å². The highest BCUT2D eigenvalue weighted by atomic mass is 14.6. The monoisotopic (exact) mass is 109 g/mol. The molecule has 0 rings (SSSR count). The Balaban J connectivity index is 3.66. The quantitative estimate of drug-likeness (QED) is 0.379. The van der Waals surface area contributed by atoms with Gasteiger partial charge in [-0.25, -0.2) is 0 Å². The first kappa shape index (κ1) is 7.15. The summed E-state index contributed by atoms with van der Waals surface area (Å²) in [5.74, 6) is 0. The van der Waals surface area contributed by atoms with E-state index in [9.17, 15) is 0 Å². The minimum absolute atomic E-state index is 0.940. The lowest BCUT2D eigenvalue weighted by Gasteiger charge is -1.81. The smallest absolute Gasteiger partial charge is 0.0277 e. The van der Waals surface area contributed by atoms with E-state index in [0.717, 1.165) is 5.57 Å². The Bertz CT molecular complexity index is 106. The van der Waals surface area contributed by atoms with Gasteiger partial charge in [0.15, 0.2) is 0 Å². The predicted molar refractivity (Wildman–Crippen MR) is 38.4 cm³/mol. The normalized spacial score (nSPS) is 11.2. The van der Waals surface area contributed by atoms with Crippen LogP contribution in [0.15, 0.2) is 29.3 Å². The van der Waals surface area contributed by atoms with E-state index in [4.69, 9.17) is 0 Å². The highest BCUT2D eigenvalue weighted by Crippen LogP contribution is 1.85. The van der Waals surface area contributed by atoms with Crippen molar-refractivity contribution in [1.29, 1.82) is 0 Å². The average molecular weight is 109 g/mol. The third-order valence-corrected chi connectivity index (χ3v) is 0.676. The van der Waals surface area contributed by atoms with E-state index in [2.05, 4.69) is 11.6 Å². The van der Waals surface area contributed by atoms with Crippen LogP contribution in [0.25, 0.3) is 0 Å². The van der Waals surface area contributed by atoms with E-state index in [1.807, 2.05) is 19.1 Å². The van der Waals surface area contributed by atoms with E-state index in [-0.39, 0.29) is 0 Å². The summed E-state index contributed by atoms with van der Waals surface area (Å²) in [6, 6.07) is 0. The molecule has 0 aromatic heterocycles. The molecule has 0 bridgehead atoms. The van der Waals surface area contributed by atoms with Crippen LogP contribution >= 0.6 is 0 Å². The first-order valence-corrected chi connectivity index (χ1v) is 2.55. The van der Waals surface area contributed by atoms with Crippen molar-refractivity contribution >= 4 is 6.21 Å². The molecule has 0 unspecified atom stereocenters. The molecule has 0 amide bonds. The maximum absolute atomic E-state index is 3.78. The molecule has 44 valence electrons. The molecule has 0 N–H and O–H groups in total. The Morgan fingerprint density at radius 2 is 2.25 bits per heavy atom. The lowest BCUT2D eigenvalue weighted by molar-refractivity contribution is 1.47. The summed E-state index contributed by atoms with van der Waals surface area (Å²) in [5, 5.41) is 0. The van der Waals surface area contributed by atoms with Crippen LogP contribution in [0.2, 0.25) is 0 Å². The summed E-state index contributed by atoms with van der Waals surface area (Å²) in [6.07, 6.45) is 5.57. The van der Waals surface area contributed by atoms with Crippen LogP contribution in [0.3, 0.4) is 0 Å². The van der Waals surface area contributed by atoms with Gasteiger partial charge < -0.3 is 0 Å². The van der Waals surface area contributed by atoms with Crippen LogP contribution in [-0.4, -0.2) is 13.3 Å². The number of aliphatic imine (C=N–C) groups is 1. The fourth-order valence-corrected chi connectivity index (χ4v) is 0.423. The minimum atomic E-state index is 0.940. The Hall–Kier alpha value is -0.850. The predicted octanol–water partition coefficient (Wildman–Crippen LogP) is 1.82. The second-order valence-corrected chi connectivity index (χ2v) is 1.46. The molecule has 8 heavy (non-hydrogen) atoms. The minimum Gasteiger partial charge on any atom is -0.296 e. The Morgan fingerprint density at radius 3 is 2.62 bits per heavy atom. The van der Waals surface area contributed by atoms with Crippen molar-refractivity contribution in [1.82, 2.24) is 0 Å². The van der Waals surface area contributed by atoms with E-state index in [1.54, 1.807) is 13.3 Å². The van der Waals surface area contributed by atoms with Crippen LogP contribution in [0.5, 0.6) is 0 Å². The van der Waals surface area contributed by atoms with Crippen LogP contribution in [-0.2, 0) is 0 Å². The van der Waals surface area contributed by atoms with Gasteiger partial charge >= 0.3 is 0 Å². The number of hydrogen-bond acceptors (Lipinski definition) is 1. The zero-order chi connectivity index (χ0) is 6.41. The standard InChI is InChI=1S/C7H11N/c1-4-5-7(2)6-8-3/h4-6H,2H2,1,3H3/b5-4+,8-6?. The maximum Gasteiger partial charge on any atom is 0.0277 e. The third-order valence-electron chi connectivity index (χ3n) is 0.676. The van der Waals surface area contributed by atoms with Crippen LogP contribution in [0.4, 0.5) is 0 Å². The van der Waals surface area contributed by atoms with E-state index in [0.29, 0.717) is 0 Å². The largest absolute Gasteiger partial charge is 0.296 e. The van der Waals surface area contributed by atoms with Crippen molar-refractivity contribution in [3.05, 3.63) is 24.3 Å². The molecule has 0 aromatic carbocycles. The molecule has 0 spiro atoms. The van der Waals surface area contributed by atoms with Crippen LogP contribution in [0, 0.1) is 0 Å². The maximum atomic E-state index is 3.78. The van der Waals surface area contributed by atoms with Gasteiger partial charge in [0.05, 0.1) is 0 Å². The zero-order valence-electron chi connectivity index (χ0n) is 5.39. The van der Waals surface area contributed by atoms with Gasteiger partial charge in [0.1, 0.15) is 0 Å². The fourth-order valence-electron chi connectivity index (χ4n) is 0.423. The lowest BCUT2D eigenvalue weighted by atomic mass is 10.3. The third kappa shape index (κ3) is 3.34. The summed E-state index contributed by atoms with van der Waals surface area (Å²) in [6.45, 7) is 5.65. The van der Waals surface area contributed by atoms with Crippen molar-refractivity contribution in [3.8, 4) is 0 Å². The summed E-state index contributed by atoms with van der Waals surface area (Å²) < 4.78 is 0. The average Bonchev–Trinajstić information content (AvgIpc) is 1.68. The van der Waals surface area contributed by atoms with Gasteiger partial charge in [-0.3, -0.25) is 4.99 Å². The molecular weight excluding hydrogens is 98.1 g/mol. The van der Waals surface area contributed by atoms with Gasteiger partial charge in [0.25, 0.3) is 0 Å². The van der Waals surface area contributed by atoms with Crippen molar-refractivity contribution in [2.75, 3.05) is 7.05 Å². The zero-order valence-corrected chi connectivity index (χ0v) is 5.39. The van der Waals surface area contributed by atoms with E-state index >= 15 is 0 Å². The van der Waals surface area contributed by atoms with Crippen LogP contribution in [0.1, 0.15) is 6.92 Å². The Morgan fingerprint density at radius 1 is 1.62 bits per heavy atom. The fraction of sp³-hybridized carbons (Fsp3) is 0.286. The van der Waals surface area contributed by atoms with Gasteiger partial charge in [0.2, 0.25) is 0 Å². The first-order chi connectivity index (χ1) is 3.81. The topological polar surface area (TPSA) is 12.4 Å². The van der Waals surface area contributed by atoms with Crippen molar-refractivity contribution in [2.24, 2.45) is 4.99 Å². The van der Waals surface area contributed by atoms with Crippen LogP contribution < -0.4 is 0 Å². The summed E-state index contributed by atoms with van der Waals surface area (Å²) >= 11 is 0. The SMILES string of the molecule is C=C(C=NC)/C=C/C. The molecule has 0 aliphatic heterocycles. The van der Waals surface area contributed by atoms with Gasteiger partial charge in [0, 0.05) is 13.3 Å². The molecule has 0 aromatic rings. The number of nitrogens with zero attached hydrogens (tertiary/aromatic N) is 1. The molecule has 0 heterocycles. The molecule has 0 radical (unpaired) electrons. The Kier molecular flexibility index (Phi) is 3.85. The number of hydrogen-bond donors (Lipinski definition) is 0. The van der Waals surface area contributed by atoms with Gasteiger partial charge in [-0.1, -0.05) is 18.7 Å². The van der Waals surface area contributed by atoms with Crippen molar-refractivity contribution in [2.45, 2.75) is 6.92 Å². The van der Waals surface area contributed by atoms with Gasteiger partial charge in [-0.2, -0.15) is 0 Å². The second kappa shape index (κ2) is 4.31. The molecule has 0 atom stereocenters. The summed E-state index contributed by atoms with van der Waals surface area (Å²) in [4.78, 5) is 3.78. The molecular formula is C7H11N.